The van der Waals surface area contributed by atoms with Crippen molar-refractivity contribution in [1.29, 1.82) is 0 Å². The molecule has 1 saturated heterocycles. The van der Waals surface area contributed by atoms with Crippen LogP contribution in [-0.4, -0.2) is 40.5 Å². The van der Waals surface area contributed by atoms with Crippen molar-refractivity contribution in [2.75, 3.05) is 36.4 Å². The summed E-state index contributed by atoms with van der Waals surface area (Å²) in [7, 11) is 0. The first-order valence-electron chi connectivity index (χ1n) is 9.68. The van der Waals surface area contributed by atoms with E-state index < -0.39 is 0 Å². The molecule has 0 aliphatic carbocycles. The molecule has 29 heavy (non-hydrogen) atoms. The zero-order chi connectivity index (χ0) is 20.2. The molecule has 7 heteroatoms. The predicted molar refractivity (Wildman–Crippen MR) is 117 cm³/mol. The summed E-state index contributed by atoms with van der Waals surface area (Å²) >= 11 is 1.48. The summed E-state index contributed by atoms with van der Waals surface area (Å²) in [4.78, 5) is 12.2. The third-order valence-electron chi connectivity index (χ3n) is 4.75. The lowest BCUT2D eigenvalue weighted by Crippen LogP contribution is -2.44. The first-order valence-corrected chi connectivity index (χ1v) is 10.5. The molecule has 0 unspecified atom stereocenters. The van der Waals surface area contributed by atoms with E-state index in [0.29, 0.717) is 4.90 Å². The molecule has 1 N–H and O–H groups in total. The predicted octanol–water partition coefficient (Wildman–Crippen LogP) is 4.81. The van der Waals surface area contributed by atoms with Crippen LogP contribution in [-0.2, 0) is 0 Å². The van der Waals surface area contributed by atoms with Crippen molar-refractivity contribution in [2.45, 2.75) is 18.7 Å². The minimum Gasteiger partial charge on any atom is -0.340 e. The molecule has 1 fully saturated rings. The van der Waals surface area contributed by atoms with Gasteiger partial charge in [0, 0.05) is 43.6 Å². The molecule has 0 bridgehead atoms. The lowest BCUT2D eigenvalue weighted by Gasteiger charge is -2.34. The van der Waals surface area contributed by atoms with Crippen molar-refractivity contribution < 1.29 is 4.39 Å². The average molecular weight is 410 g/mol. The molecular formula is C22H24FN5S. The minimum absolute atomic E-state index is 0.172. The van der Waals surface area contributed by atoms with Crippen LogP contribution in [0, 0.1) is 19.7 Å². The van der Waals surface area contributed by atoms with Crippen LogP contribution in [0.5, 0.6) is 0 Å². The summed E-state index contributed by atoms with van der Waals surface area (Å²) in [6.45, 7) is 7.29. The highest BCUT2D eigenvalue weighted by molar-refractivity contribution is 7.97. The molecule has 3 aromatic rings. The van der Waals surface area contributed by atoms with Crippen LogP contribution >= 0.6 is 11.9 Å². The Morgan fingerprint density at radius 1 is 0.931 bits per heavy atom. The van der Waals surface area contributed by atoms with Gasteiger partial charge in [-0.2, -0.15) is 4.98 Å². The molecular weight excluding hydrogens is 385 g/mol. The maximum atomic E-state index is 13.9. The standard InChI is InChI=1S/C22H24FN5S/c1-16-7-9-18(10-8-16)25-21-15-17(2)24-22(26-21)27-11-13-28(14-12-27)29-20-6-4-3-5-19(20)23/h3-10,15H,11-14H2,1-2H3,(H,24,25,26). The first kappa shape index (κ1) is 19.7. The van der Waals surface area contributed by atoms with Gasteiger partial charge in [-0.05, 0) is 50.1 Å². The number of nitrogens with one attached hydrogen (secondary N) is 1. The molecule has 5 nitrogen and oxygen atoms in total. The minimum atomic E-state index is -0.172. The lowest BCUT2D eigenvalue weighted by atomic mass is 10.2. The summed E-state index contributed by atoms with van der Waals surface area (Å²) in [6, 6.07) is 17.1. The summed E-state index contributed by atoms with van der Waals surface area (Å²) in [5.41, 5.74) is 3.15. The van der Waals surface area contributed by atoms with Gasteiger partial charge < -0.3 is 10.2 Å². The largest absolute Gasteiger partial charge is 0.340 e. The van der Waals surface area contributed by atoms with Crippen LogP contribution in [0.15, 0.2) is 59.5 Å². The highest BCUT2D eigenvalue weighted by Gasteiger charge is 2.21. The van der Waals surface area contributed by atoms with Crippen LogP contribution in [0.25, 0.3) is 0 Å². The van der Waals surface area contributed by atoms with Crippen molar-refractivity contribution in [1.82, 2.24) is 14.3 Å². The number of rotatable bonds is 5. The SMILES string of the molecule is Cc1ccc(Nc2cc(C)nc(N3CCN(Sc4ccccc4F)CC3)n2)cc1. The Morgan fingerprint density at radius 2 is 1.66 bits per heavy atom. The van der Waals surface area contributed by atoms with Gasteiger partial charge >= 0.3 is 0 Å². The number of aryl methyl sites for hydroxylation is 2. The smallest absolute Gasteiger partial charge is 0.227 e. The number of hydrogen-bond acceptors (Lipinski definition) is 6. The fourth-order valence-electron chi connectivity index (χ4n) is 3.18. The van der Waals surface area contributed by atoms with Crippen LogP contribution in [0.2, 0.25) is 0 Å². The van der Waals surface area contributed by atoms with Gasteiger partial charge in [0.25, 0.3) is 0 Å². The topological polar surface area (TPSA) is 44.3 Å². The third-order valence-corrected chi connectivity index (χ3v) is 5.90. The van der Waals surface area contributed by atoms with E-state index in [4.69, 9.17) is 4.98 Å². The van der Waals surface area contributed by atoms with Crippen molar-refractivity contribution in [3.63, 3.8) is 0 Å². The van der Waals surface area contributed by atoms with E-state index in [1.807, 2.05) is 37.3 Å². The monoisotopic (exact) mass is 409 g/mol. The Morgan fingerprint density at radius 3 is 2.38 bits per heavy atom. The Labute approximate surface area is 175 Å². The lowest BCUT2D eigenvalue weighted by molar-refractivity contribution is 0.424. The summed E-state index contributed by atoms with van der Waals surface area (Å²) in [5, 5.41) is 3.37. The maximum absolute atomic E-state index is 13.9. The van der Waals surface area contributed by atoms with Gasteiger partial charge in [-0.25, -0.2) is 13.7 Å². The molecule has 1 aliphatic rings. The number of aromatic nitrogens is 2. The number of nitrogens with zero attached hydrogens (tertiary/aromatic N) is 4. The van der Waals surface area contributed by atoms with Gasteiger partial charge in [-0.15, -0.1) is 0 Å². The van der Waals surface area contributed by atoms with Crippen LogP contribution in [0.1, 0.15) is 11.3 Å². The van der Waals surface area contributed by atoms with Gasteiger partial charge in [0.15, 0.2) is 0 Å². The summed E-state index contributed by atoms with van der Waals surface area (Å²) < 4.78 is 16.1. The Hall–Kier alpha value is -2.64. The van der Waals surface area contributed by atoms with E-state index in [2.05, 4.69) is 38.6 Å². The third kappa shape index (κ3) is 5.05. The normalized spacial score (nSPS) is 14.8. The van der Waals surface area contributed by atoms with Crippen LogP contribution < -0.4 is 10.2 Å². The molecule has 0 atom stereocenters. The quantitative estimate of drug-likeness (QED) is 0.611. The molecule has 0 amide bonds. The second-order valence-corrected chi connectivity index (χ2v) is 8.26. The molecule has 1 aliphatic heterocycles. The Bertz CT molecular complexity index is 971. The molecule has 4 rings (SSSR count). The molecule has 2 aromatic carbocycles. The van der Waals surface area contributed by atoms with Gasteiger partial charge in [-0.1, -0.05) is 29.8 Å². The molecule has 1 aromatic heterocycles. The second kappa shape index (κ2) is 8.80. The zero-order valence-corrected chi connectivity index (χ0v) is 17.4. The Balaban J connectivity index is 1.41. The number of anilines is 3. The van der Waals surface area contributed by atoms with E-state index >= 15 is 0 Å². The average Bonchev–Trinajstić information content (AvgIpc) is 2.72. The van der Waals surface area contributed by atoms with Crippen LogP contribution in [0.4, 0.5) is 21.8 Å². The summed E-state index contributed by atoms with van der Waals surface area (Å²) in [6.07, 6.45) is 0. The van der Waals surface area contributed by atoms with Crippen molar-refractivity contribution >= 4 is 29.4 Å². The van der Waals surface area contributed by atoms with Crippen molar-refractivity contribution in [3.05, 3.63) is 71.7 Å². The van der Waals surface area contributed by atoms with Gasteiger partial charge in [0.1, 0.15) is 11.6 Å². The van der Waals surface area contributed by atoms with Crippen molar-refractivity contribution in [3.8, 4) is 0 Å². The maximum Gasteiger partial charge on any atom is 0.227 e. The second-order valence-electron chi connectivity index (χ2n) is 7.12. The fraction of sp³-hybridized carbons (Fsp3) is 0.273. The number of benzene rings is 2. The van der Waals surface area contributed by atoms with Gasteiger partial charge in [0.2, 0.25) is 5.95 Å². The molecule has 0 saturated carbocycles. The molecule has 0 radical (unpaired) electrons. The van der Waals surface area contributed by atoms with E-state index in [9.17, 15) is 4.39 Å². The van der Waals surface area contributed by atoms with E-state index in [1.54, 1.807) is 6.07 Å². The summed E-state index contributed by atoms with van der Waals surface area (Å²) in [5.74, 6) is 1.35. The number of halogens is 1. The van der Waals surface area contributed by atoms with E-state index in [0.717, 1.165) is 49.3 Å². The van der Waals surface area contributed by atoms with Crippen molar-refractivity contribution in [2.24, 2.45) is 0 Å². The molecule has 0 spiro atoms. The van der Waals surface area contributed by atoms with E-state index in [-0.39, 0.29) is 5.82 Å². The molecule has 150 valence electrons. The number of piperazine rings is 1. The number of hydrogen-bond donors (Lipinski definition) is 1. The van der Waals surface area contributed by atoms with E-state index in [1.165, 1.54) is 23.6 Å². The fourth-order valence-corrected chi connectivity index (χ4v) is 4.10. The highest BCUT2D eigenvalue weighted by atomic mass is 32.2. The molecule has 2 heterocycles. The zero-order valence-electron chi connectivity index (χ0n) is 16.6. The van der Waals surface area contributed by atoms with Gasteiger partial charge in [0.05, 0.1) is 4.90 Å². The first-order chi connectivity index (χ1) is 14.1. The van der Waals surface area contributed by atoms with Gasteiger partial charge in [-0.3, -0.25) is 0 Å². The van der Waals surface area contributed by atoms with Crippen LogP contribution in [0.3, 0.4) is 0 Å². The Kier molecular flexibility index (Phi) is 5.97. The highest BCUT2D eigenvalue weighted by Crippen LogP contribution is 2.27.